The molecule has 0 unspecified atom stereocenters. The average Bonchev–Trinajstić information content (AvgIpc) is 2.82. The largest absolute Gasteiger partial charge is 0.489 e. The van der Waals surface area contributed by atoms with Crippen molar-refractivity contribution in [1.82, 2.24) is 4.90 Å². The summed E-state index contributed by atoms with van der Waals surface area (Å²) in [7, 11) is 1.97. The number of para-hydroxylation sites is 1. The summed E-state index contributed by atoms with van der Waals surface area (Å²) in [4.78, 5) is 2.08. The molecule has 0 spiro atoms. The number of hydrogen-bond acceptors (Lipinski definition) is 4. The molecular formula is C19H21ClFNO3. The minimum atomic E-state index is -0.347. The first-order valence-corrected chi connectivity index (χ1v) is 8.65. The number of likely N-dealkylation sites (N-methyl/N-ethyl adjacent to an activating group) is 1. The van der Waals surface area contributed by atoms with E-state index in [0.29, 0.717) is 49.4 Å². The Bertz CT molecular complexity index is 726. The van der Waals surface area contributed by atoms with E-state index in [1.807, 2.05) is 19.2 Å². The van der Waals surface area contributed by atoms with Crippen LogP contribution >= 0.6 is 11.6 Å². The van der Waals surface area contributed by atoms with Crippen molar-refractivity contribution in [3.63, 3.8) is 0 Å². The second kappa shape index (κ2) is 8.41. The van der Waals surface area contributed by atoms with Crippen LogP contribution in [-0.2, 0) is 6.54 Å². The standard InChI is InChI=1S/C19H21ClFNO3/c1-22(7-10-24-17-6-3-2-5-16(17)21)13-14-11-15(20)19-18(12-14)23-8-4-9-25-19/h2-3,5-6,11-12H,4,7-10,13H2,1H3. The highest BCUT2D eigenvalue weighted by Gasteiger charge is 2.16. The fraction of sp³-hybridized carbons (Fsp3) is 0.368. The zero-order chi connectivity index (χ0) is 17.6. The van der Waals surface area contributed by atoms with Gasteiger partial charge in [-0.15, -0.1) is 0 Å². The summed E-state index contributed by atoms with van der Waals surface area (Å²) in [5.41, 5.74) is 1.03. The highest BCUT2D eigenvalue weighted by Crippen LogP contribution is 2.38. The maximum Gasteiger partial charge on any atom is 0.179 e. The SMILES string of the molecule is CN(CCOc1ccccc1F)Cc1cc(Cl)c2c(c1)OCCCO2. The fourth-order valence-corrected chi connectivity index (χ4v) is 2.93. The summed E-state index contributed by atoms with van der Waals surface area (Å²) < 4.78 is 30.4. The number of nitrogens with zero attached hydrogens (tertiary/aromatic N) is 1. The van der Waals surface area contributed by atoms with Gasteiger partial charge in [-0.1, -0.05) is 23.7 Å². The molecule has 0 atom stereocenters. The van der Waals surface area contributed by atoms with E-state index in [4.69, 9.17) is 25.8 Å². The third-order valence-electron chi connectivity index (χ3n) is 3.88. The van der Waals surface area contributed by atoms with Crippen molar-refractivity contribution in [2.24, 2.45) is 0 Å². The molecule has 0 bridgehead atoms. The van der Waals surface area contributed by atoms with Crippen LogP contribution in [0.25, 0.3) is 0 Å². The molecule has 4 nitrogen and oxygen atoms in total. The van der Waals surface area contributed by atoms with Crippen LogP contribution in [0, 0.1) is 5.82 Å². The van der Waals surface area contributed by atoms with Crippen LogP contribution in [-0.4, -0.2) is 38.3 Å². The maximum atomic E-state index is 13.5. The van der Waals surface area contributed by atoms with Gasteiger partial charge in [-0.25, -0.2) is 4.39 Å². The second-order valence-corrected chi connectivity index (χ2v) is 6.38. The Morgan fingerprint density at radius 2 is 2.00 bits per heavy atom. The Kier molecular flexibility index (Phi) is 6.00. The smallest absolute Gasteiger partial charge is 0.179 e. The first-order valence-electron chi connectivity index (χ1n) is 8.27. The lowest BCUT2D eigenvalue weighted by Gasteiger charge is -2.18. The van der Waals surface area contributed by atoms with E-state index >= 15 is 0 Å². The Balaban J connectivity index is 1.56. The number of hydrogen-bond donors (Lipinski definition) is 0. The monoisotopic (exact) mass is 365 g/mol. The van der Waals surface area contributed by atoms with E-state index < -0.39 is 0 Å². The van der Waals surface area contributed by atoms with Gasteiger partial charge < -0.3 is 14.2 Å². The summed E-state index contributed by atoms with van der Waals surface area (Å²) in [6.07, 6.45) is 0.841. The van der Waals surface area contributed by atoms with E-state index in [1.165, 1.54) is 6.07 Å². The summed E-state index contributed by atoms with van der Waals surface area (Å²) in [5.74, 6) is 1.24. The third-order valence-corrected chi connectivity index (χ3v) is 4.16. The van der Waals surface area contributed by atoms with Crippen LogP contribution in [0.2, 0.25) is 5.02 Å². The number of halogens is 2. The normalized spacial score (nSPS) is 13.6. The zero-order valence-corrected chi connectivity index (χ0v) is 14.9. The molecule has 1 heterocycles. The van der Waals surface area contributed by atoms with Gasteiger partial charge >= 0.3 is 0 Å². The predicted molar refractivity (Wildman–Crippen MR) is 95.3 cm³/mol. The lowest BCUT2D eigenvalue weighted by atomic mass is 10.2. The molecule has 0 aliphatic carbocycles. The summed E-state index contributed by atoms with van der Waals surface area (Å²) in [6.45, 7) is 2.96. The van der Waals surface area contributed by atoms with Gasteiger partial charge in [-0.3, -0.25) is 4.90 Å². The number of ether oxygens (including phenoxy) is 3. The Hall–Kier alpha value is -1.98. The Morgan fingerprint density at radius 1 is 1.20 bits per heavy atom. The quantitative estimate of drug-likeness (QED) is 0.769. The van der Waals surface area contributed by atoms with Crippen molar-refractivity contribution in [2.75, 3.05) is 33.4 Å². The molecule has 0 amide bonds. The van der Waals surface area contributed by atoms with Gasteiger partial charge in [0.1, 0.15) is 6.61 Å². The molecule has 134 valence electrons. The van der Waals surface area contributed by atoms with Gasteiger partial charge in [-0.2, -0.15) is 0 Å². The lowest BCUT2D eigenvalue weighted by Crippen LogP contribution is -2.24. The molecule has 0 saturated heterocycles. The fourth-order valence-electron chi connectivity index (χ4n) is 2.64. The lowest BCUT2D eigenvalue weighted by molar-refractivity contribution is 0.226. The first-order chi connectivity index (χ1) is 12.1. The molecule has 0 fully saturated rings. The first kappa shape index (κ1) is 17.8. The van der Waals surface area contributed by atoms with Gasteiger partial charge in [-0.05, 0) is 36.9 Å². The van der Waals surface area contributed by atoms with Gasteiger partial charge in [0.2, 0.25) is 0 Å². The average molecular weight is 366 g/mol. The van der Waals surface area contributed by atoms with Crippen LogP contribution in [0.5, 0.6) is 17.2 Å². The van der Waals surface area contributed by atoms with Crippen LogP contribution in [0.3, 0.4) is 0 Å². The molecule has 2 aromatic rings. The number of rotatable bonds is 6. The summed E-state index contributed by atoms with van der Waals surface area (Å²) in [5, 5.41) is 0.561. The minimum Gasteiger partial charge on any atom is -0.489 e. The van der Waals surface area contributed by atoms with E-state index in [2.05, 4.69) is 4.90 Å². The van der Waals surface area contributed by atoms with Crippen LogP contribution in [0.4, 0.5) is 4.39 Å². The van der Waals surface area contributed by atoms with Gasteiger partial charge in [0, 0.05) is 19.5 Å². The Labute approximate surface area is 152 Å². The molecule has 0 saturated carbocycles. The van der Waals surface area contributed by atoms with E-state index in [1.54, 1.807) is 18.2 Å². The molecule has 1 aliphatic rings. The topological polar surface area (TPSA) is 30.9 Å². The third kappa shape index (κ3) is 4.77. The van der Waals surface area contributed by atoms with Crippen LogP contribution in [0.1, 0.15) is 12.0 Å². The Morgan fingerprint density at radius 3 is 2.84 bits per heavy atom. The van der Waals surface area contributed by atoms with Crippen molar-refractivity contribution >= 4 is 11.6 Å². The summed E-state index contributed by atoms with van der Waals surface area (Å²) >= 11 is 6.32. The van der Waals surface area contributed by atoms with Gasteiger partial charge in [0.15, 0.2) is 23.1 Å². The predicted octanol–water partition coefficient (Wildman–Crippen LogP) is 4.15. The van der Waals surface area contributed by atoms with Gasteiger partial charge in [0.25, 0.3) is 0 Å². The van der Waals surface area contributed by atoms with Crippen molar-refractivity contribution in [2.45, 2.75) is 13.0 Å². The van der Waals surface area contributed by atoms with Crippen LogP contribution in [0.15, 0.2) is 36.4 Å². The van der Waals surface area contributed by atoms with E-state index in [0.717, 1.165) is 12.0 Å². The molecule has 3 rings (SSSR count). The van der Waals surface area contributed by atoms with Crippen LogP contribution < -0.4 is 14.2 Å². The van der Waals surface area contributed by atoms with Gasteiger partial charge in [0.05, 0.1) is 18.2 Å². The molecule has 0 N–H and O–H groups in total. The minimum absolute atomic E-state index is 0.273. The number of benzene rings is 2. The molecular weight excluding hydrogens is 345 g/mol. The molecule has 1 aliphatic heterocycles. The summed E-state index contributed by atoms with van der Waals surface area (Å²) in [6, 6.07) is 10.3. The van der Waals surface area contributed by atoms with Crippen molar-refractivity contribution in [3.8, 4) is 17.2 Å². The molecule has 0 radical (unpaired) electrons. The maximum absolute atomic E-state index is 13.5. The molecule has 2 aromatic carbocycles. The molecule has 25 heavy (non-hydrogen) atoms. The number of fused-ring (bicyclic) bond motifs is 1. The van der Waals surface area contributed by atoms with E-state index in [-0.39, 0.29) is 11.6 Å². The highest BCUT2D eigenvalue weighted by atomic mass is 35.5. The van der Waals surface area contributed by atoms with Crippen molar-refractivity contribution in [3.05, 3.63) is 52.8 Å². The second-order valence-electron chi connectivity index (χ2n) is 5.97. The molecule has 0 aromatic heterocycles. The highest BCUT2D eigenvalue weighted by molar-refractivity contribution is 6.32. The molecule has 6 heteroatoms. The van der Waals surface area contributed by atoms with Crippen molar-refractivity contribution < 1.29 is 18.6 Å². The zero-order valence-electron chi connectivity index (χ0n) is 14.1. The van der Waals surface area contributed by atoms with Crippen molar-refractivity contribution in [1.29, 1.82) is 0 Å². The van der Waals surface area contributed by atoms with E-state index in [9.17, 15) is 4.39 Å².